The van der Waals surface area contributed by atoms with E-state index in [9.17, 15) is 0 Å². The topological polar surface area (TPSA) is 34.2 Å². The van der Waals surface area contributed by atoms with Gasteiger partial charge in [0.05, 0.1) is 19.2 Å². The summed E-state index contributed by atoms with van der Waals surface area (Å²) in [5.74, 6) is 1.42. The first kappa shape index (κ1) is 15.8. The molecule has 3 nitrogen and oxygen atoms in total. The van der Waals surface area contributed by atoms with Crippen LogP contribution >= 0.6 is 23.2 Å². The summed E-state index contributed by atoms with van der Waals surface area (Å²) in [6.45, 7) is 0. The average molecular weight is 348 g/mol. The molecular formula is C18H15Cl2NO2. The van der Waals surface area contributed by atoms with Crippen molar-refractivity contribution in [3.8, 4) is 11.5 Å². The van der Waals surface area contributed by atoms with Gasteiger partial charge in [0, 0.05) is 27.2 Å². The van der Waals surface area contributed by atoms with Crippen molar-refractivity contribution in [1.82, 2.24) is 4.98 Å². The minimum absolute atomic E-state index is 0.494. The molecule has 1 aromatic heterocycles. The quantitative estimate of drug-likeness (QED) is 0.660. The fourth-order valence-electron chi connectivity index (χ4n) is 2.38. The maximum absolute atomic E-state index is 6.31. The number of benzene rings is 2. The molecule has 0 aliphatic carbocycles. The van der Waals surface area contributed by atoms with Gasteiger partial charge in [0.15, 0.2) is 0 Å². The first-order chi connectivity index (χ1) is 11.1. The number of aromatic nitrogens is 1. The molecule has 0 radical (unpaired) electrons. The van der Waals surface area contributed by atoms with Crippen molar-refractivity contribution >= 4 is 46.3 Å². The maximum atomic E-state index is 6.31. The van der Waals surface area contributed by atoms with E-state index < -0.39 is 0 Å². The Labute approximate surface area is 144 Å². The normalized spacial score (nSPS) is 11.3. The molecule has 3 aromatic rings. The molecule has 0 fully saturated rings. The molecule has 0 atom stereocenters. The van der Waals surface area contributed by atoms with Crippen LogP contribution in [0.2, 0.25) is 10.0 Å². The van der Waals surface area contributed by atoms with E-state index in [0.29, 0.717) is 15.8 Å². The third kappa shape index (κ3) is 3.16. The van der Waals surface area contributed by atoms with Crippen LogP contribution in [-0.4, -0.2) is 19.2 Å². The smallest absolute Gasteiger partial charge is 0.138 e. The van der Waals surface area contributed by atoms with Crippen LogP contribution in [0.4, 0.5) is 0 Å². The molecule has 0 spiro atoms. The number of hydrogen-bond acceptors (Lipinski definition) is 2. The number of aromatic amines is 1. The summed E-state index contributed by atoms with van der Waals surface area (Å²) >= 11 is 12.5. The largest absolute Gasteiger partial charge is 0.497 e. The summed E-state index contributed by atoms with van der Waals surface area (Å²) in [5, 5.41) is 2.14. The van der Waals surface area contributed by atoms with Gasteiger partial charge in [-0.25, -0.2) is 0 Å². The highest BCUT2D eigenvalue weighted by Crippen LogP contribution is 2.34. The predicted molar refractivity (Wildman–Crippen MR) is 96.8 cm³/mol. The molecule has 0 saturated carbocycles. The highest BCUT2D eigenvalue weighted by atomic mass is 35.5. The van der Waals surface area contributed by atoms with Gasteiger partial charge < -0.3 is 14.5 Å². The van der Waals surface area contributed by atoms with E-state index >= 15 is 0 Å². The SMILES string of the molecule is COc1ccc2[nH]c(C=Cc3c(Cl)ccc(OC)c3Cl)cc2c1. The molecule has 0 bridgehead atoms. The van der Waals surface area contributed by atoms with Crippen molar-refractivity contribution in [2.45, 2.75) is 0 Å². The second-order valence-electron chi connectivity index (χ2n) is 4.99. The molecule has 1 heterocycles. The first-order valence-corrected chi connectivity index (χ1v) is 7.75. The van der Waals surface area contributed by atoms with E-state index in [1.54, 1.807) is 26.4 Å². The third-order valence-electron chi connectivity index (χ3n) is 3.59. The van der Waals surface area contributed by atoms with Crippen LogP contribution in [0.5, 0.6) is 11.5 Å². The maximum Gasteiger partial charge on any atom is 0.138 e. The van der Waals surface area contributed by atoms with E-state index in [-0.39, 0.29) is 0 Å². The Kier molecular flexibility index (Phi) is 4.51. The second kappa shape index (κ2) is 6.57. The van der Waals surface area contributed by atoms with Crippen LogP contribution in [0.15, 0.2) is 36.4 Å². The van der Waals surface area contributed by atoms with E-state index in [1.807, 2.05) is 36.4 Å². The van der Waals surface area contributed by atoms with Crippen LogP contribution < -0.4 is 9.47 Å². The summed E-state index contributed by atoms with van der Waals surface area (Å²) in [6, 6.07) is 11.4. The Bertz CT molecular complexity index is 884. The van der Waals surface area contributed by atoms with Crippen molar-refractivity contribution in [2.24, 2.45) is 0 Å². The lowest BCUT2D eigenvalue weighted by atomic mass is 10.2. The summed E-state index contributed by atoms with van der Waals surface area (Å²) < 4.78 is 10.5. The van der Waals surface area contributed by atoms with Gasteiger partial charge in [0.25, 0.3) is 0 Å². The van der Waals surface area contributed by atoms with Gasteiger partial charge in [0.1, 0.15) is 11.5 Å². The van der Waals surface area contributed by atoms with Gasteiger partial charge >= 0.3 is 0 Å². The number of rotatable bonds is 4. The number of nitrogens with one attached hydrogen (secondary N) is 1. The van der Waals surface area contributed by atoms with E-state index in [1.165, 1.54) is 0 Å². The number of halogens is 2. The summed E-state index contributed by atoms with van der Waals surface area (Å²) in [7, 11) is 3.23. The van der Waals surface area contributed by atoms with Gasteiger partial charge in [-0.2, -0.15) is 0 Å². The van der Waals surface area contributed by atoms with Gasteiger partial charge in [-0.1, -0.05) is 23.2 Å². The third-order valence-corrected chi connectivity index (χ3v) is 4.31. The lowest BCUT2D eigenvalue weighted by molar-refractivity contribution is 0.415. The van der Waals surface area contributed by atoms with Crippen molar-refractivity contribution in [1.29, 1.82) is 0 Å². The molecule has 3 rings (SSSR count). The summed E-state index contributed by atoms with van der Waals surface area (Å²) in [4.78, 5) is 3.32. The molecule has 0 unspecified atom stereocenters. The average Bonchev–Trinajstić information content (AvgIpc) is 2.96. The lowest BCUT2D eigenvalue weighted by Crippen LogP contribution is -1.87. The molecule has 0 aliphatic heterocycles. The monoisotopic (exact) mass is 347 g/mol. The van der Waals surface area contributed by atoms with Crippen LogP contribution in [0.3, 0.4) is 0 Å². The van der Waals surface area contributed by atoms with Crippen LogP contribution in [0.1, 0.15) is 11.3 Å². The Morgan fingerprint density at radius 2 is 1.78 bits per heavy atom. The van der Waals surface area contributed by atoms with Gasteiger partial charge in [0.2, 0.25) is 0 Å². The van der Waals surface area contributed by atoms with Crippen LogP contribution in [0, 0.1) is 0 Å². The van der Waals surface area contributed by atoms with Crippen molar-refractivity contribution < 1.29 is 9.47 Å². The molecule has 0 amide bonds. The van der Waals surface area contributed by atoms with Gasteiger partial charge in [-0.3, -0.25) is 0 Å². The highest BCUT2D eigenvalue weighted by Gasteiger charge is 2.09. The van der Waals surface area contributed by atoms with Crippen molar-refractivity contribution in [2.75, 3.05) is 14.2 Å². The highest BCUT2D eigenvalue weighted by molar-refractivity contribution is 6.38. The Morgan fingerprint density at radius 3 is 2.52 bits per heavy atom. The molecule has 0 saturated heterocycles. The number of ether oxygens (including phenoxy) is 2. The minimum atomic E-state index is 0.494. The fourth-order valence-corrected chi connectivity index (χ4v) is 2.96. The molecule has 1 N–H and O–H groups in total. The van der Waals surface area contributed by atoms with E-state index in [4.69, 9.17) is 32.7 Å². The number of hydrogen-bond donors (Lipinski definition) is 1. The van der Waals surface area contributed by atoms with Crippen molar-refractivity contribution in [3.05, 3.63) is 57.7 Å². The molecule has 23 heavy (non-hydrogen) atoms. The minimum Gasteiger partial charge on any atom is -0.497 e. The fraction of sp³-hybridized carbons (Fsp3) is 0.111. The number of H-pyrrole nitrogens is 1. The molecule has 2 aromatic carbocycles. The molecule has 5 heteroatoms. The lowest BCUT2D eigenvalue weighted by Gasteiger charge is -2.07. The number of fused-ring (bicyclic) bond motifs is 1. The zero-order valence-corrected chi connectivity index (χ0v) is 14.2. The molecule has 118 valence electrons. The van der Waals surface area contributed by atoms with E-state index in [2.05, 4.69) is 4.98 Å². The standard InChI is InChI=1S/C18H15Cl2NO2/c1-22-13-4-7-16-11(10-13)9-12(21-16)3-5-14-15(19)6-8-17(23-2)18(14)20/h3-10,21H,1-2H3. The zero-order chi connectivity index (χ0) is 16.4. The van der Waals surface area contributed by atoms with Gasteiger partial charge in [-0.05, 0) is 48.6 Å². The Balaban J connectivity index is 1.97. The predicted octanol–water partition coefficient (Wildman–Crippen LogP) is 5.66. The number of methoxy groups -OCH3 is 2. The Morgan fingerprint density at radius 1 is 0.957 bits per heavy atom. The second-order valence-corrected chi connectivity index (χ2v) is 5.77. The molecule has 0 aliphatic rings. The molecular weight excluding hydrogens is 333 g/mol. The van der Waals surface area contributed by atoms with Crippen molar-refractivity contribution in [3.63, 3.8) is 0 Å². The van der Waals surface area contributed by atoms with E-state index in [0.717, 1.165) is 27.9 Å². The first-order valence-electron chi connectivity index (χ1n) is 6.99. The summed E-state index contributed by atoms with van der Waals surface area (Å²) in [5.41, 5.74) is 2.71. The van der Waals surface area contributed by atoms with Gasteiger partial charge in [-0.15, -0.1) is 0 Å². The van der Waals surface area contributed by atoms with Crippen LogP contribution in [0.25, 0.3) is 23.1 Å². The zero-order valence-electron chi connectivity index (χ0n) is 12.7. The Hall–Kier alpha value is -2.10. The summed E-state index contributed by atoms with van der Waals surface area (Å²) in [6.07, 6.45) is 3.80. The van der Waals surface area contributed by atoms with Crippen LogP contribution in [-0.2, 0) is 0 Å².